The minimum atomic E-state index is -0.986. The maximum Gasteiger partial charge on any atom is 0.246 e. The highest BCUT2D eigenvalue weighted by molar-refractivity contribution is 5.95. The van der Waals surface area contributed by atoms with E-state index in [1.54, 1.807) is 35.9 Å². The SMILES string of the molecule is CNC(=O)C1CC(c2ccccc2)CN1C(=O)C1CC(c2ccccc2)CN1C(=O)C(Cc1ccco1)NC(=O)C(C)N. The molecule has 0 bridgehead atoms. The Morgan fingerprint density at radius 2 is 1.44 bits per heavy atom. The number of nitrogens with one attached hydrogen (secondary N) is 2. The predicted molar refractivity (Wildman–Crippen MR) is 161 cm³/mol. The maximum absolute atomic E-state index is 14.4. The molecule has 0 aliphatic carbocycles. The molecule has 5 rings (SSSR count). The molecule has 2 aromatic carbocycles. The topological polar surface area (TPSA) is 138 Å². The molecule has 1 aromatic heterocycles. The number of hydrogen-bond acceptors (Lipinski definition) is 6. The Morgan fingerprint density at radius 3 is 1.98 bits per heavy atom. The van der Waals surface area contributed by atoms with Gasteiger partial charge in [0.25, 0.3) is 0 Å². The van der Waals surface area contributed by atoms with Crippen LogP contribution in [0.3, 0.4) is 0 Å². The standard InChI is InChI=1S/C33H39N5O5/c1-21(34)30(39)36-27(18-26-14-9-15-43-26)32(41)38-20-25(23-12-7-4-8-13-23)17-29(38)33(42)37-19-24(16-28(37)31(40)35-2)22-10-5-3-6-11-22/h3-15,21,24-25,27-29H,16-20,34H2,1-2H3,(H,35,40)(H,36,39). The summed E-state index contributed by atoms with van der Waals surface area (Å²) in [6, 6.07) is 19.8. The van der Waals surface area contributed by atoms with Crippen LogP contribution < -0.4 is 16.4 Å². The van der Waals surface area contributed by atoms with Crippen LogP contribution in [0.15, 0.2) is 83.5 Å². The number of likely N-dealkylation sites (tertiary alicyclic amines) is 2. The fourth-order valence-corrected chi connectivity index (χ4v) is 6.27. The van der Waals surface area contributed by atoms with Gasteiger partial charge >= 0.3 is 0 Å². The highest BCUT2D eigenvalue weighted by Gasteiger charge is 2.48. The van der Waals surface area contributed by atoms with Crippen molar-refractivity contribution in [2.45, 2.75) is 62.2 Å². The summed E-state index contributed by atoms with van der Waals surface area (Å²) in [6.45, 7) is 2.21. The second-order valence-electron chi connectivity index (χ2n) is 11.4. The Bertz CT molecular complexity index is 1410. The Labute approximate surface area is 251 Å². The van der Waals surface area contributed by atoms with Crippen LogP contribution in [0.4, 0.5) is 0 Å². The molecule has 2 saturated heterocycles. The van der Waals surface area contributed by atoms with E-state index in [9.17, 15) is 19.2 Å². The fraction of sp³-hybridized carbons (Fsp3) is 0.394. The minimum absolute atomic E-state index is 0.0139. The van der Waals surface area contributed by atoms with Gasteiger partial charge in [-0.05, 0) is 43.0 Å². The lowest BCUT2D eigenvalue weighted by molar-refractivity contribution is -0.147. The number of benzene rings is 2. The van der Waals surface area contributed by atoms with Crippen molar-refractivity contribution in [3.05, 3.63) is 95.9 Å². The van der Waals surface area contributed by atoms with Crippen LogP contribution in [-0.4, -0.2) is 77.7 Å². The summed E-state index contributed by atoms with van der Waals surface area (Å²) < 4.78 is 5.50. The molecule has 0 saturated carbocycles. The Hall–Kier alpha value is -4.44. The van der Waals surface area contributed by atoms with Crippen molar-refractivity contribution in [3.8, 4) is 0 Å². The lowest BCUT2D eigenvalue weighted by Crippen LogP contribution is -2.57. The minimum Gasteiger partial charge on any atom is -0.469 e. The lowest BCUT2D eigenvalue weighted by atomic mass is 9.96. The number of likely N-dealkylation sites (N-methyl/N-ethyl adjacent to an activating group) is 1. The molecule has 226 valence electrons. The van der Waals surface area contributed by atoms with E-state index in [2.05, 4.69) is 10.6 Å². The van der Waals surface area contributed by atoms with Crippen molar-refractivity contribution in [2.24, 2.45) is 5.73 Å². The van der Waals surface area contributed by atoms with Crippen LogP contribution in [0, 0.1) is 0 Å². The molecule has 3 aromatic rings. The number of hydrogen-bond donors (Lipinski definition) is 3. The van der Waals surface area contributed by atoms with E-state index in [1.165, 1.54) is 6.26 Å². The molecule has 4 amide bonds. The third kappa shape index (κ3) is 6.64. The van der Waals surface area contributed by atoms with Gasteiger partial charge in [0.2, 0.25) is 23.6 Å². The van der Waals surface area contributed by atoms with Gasteiger partial charge < -0.3 is 30.6 Å². The van der Waals surface area contributed by atoms with E-state index in [-0.39, 0.29) is 30.1 Å². The van der Waals surface area contributed by atoms with Crippen molar-refractivity contribution < 1.29 is 23.6 Å². The average Bonchev–Trinajstić information content (AvgIpc) is 3.81. The highest BCUT2D eigenvalue weighted by Crippen LogP contribution is 2.37. The van der Waals surface area contributed by atoms with Crippen molar-refractivity contribution in [2.75, 3.05) is 20.1 Å². The number of amides is 4. The van der Waals surface area contributed by atoms with Gasteiger partial charge in [-0.15, -0.1) is 0 Å². The number of nitrogens with two attached hydrogens (primary N) is 1. The van der Waals surface area contributed by atoms with E-state index < -0.39 is 36.0 Å². The smallest absolute Gasteiger partial charge is 0.246 e. The number of carbonyl (C=O) groups excluding carboxylic acids is 4. The van der Waals surface area contributed by atoms with Gasteiger partial charge in [-0.3, -0.25) is 19.2 Å². The summed E-state index contributed by atoms with van der Waals surface area (Å²) in [5.41, 5.74) is 7.90. The van der Waals surface area contributed by atoms with Gasteiger partial charge in [0.1, 0.15) is 23.9 Å². The monoisotopic (exact) mass is 585 g/mol. The molecule has 0 radical (unpaired) electrons. The zero-order chi connectivity index (χ0) is 30.5. The molecule has 3 heterocycles. The van der Waals surface area contributed by atoms with Gasteiger partial charge in [-0.2, -0.15) is 0 Å². The first-order valence-corrected chi connectivity index (χ1v) is 14.8. The number of rotatable bonds is 9. The summed E-state index contributed by atoms with van der Waals surface area (Å²) in [5.74, 6) is -0.960. The molecule has 6 unspecified atom stereocenters. The molecule has 2 aliphatic heterocycles. The largest absolute Gasteiger partial charge is 0.469 e. The van der Waals surface area contributed by atoms with Gasteiger partial charge in [-0.25, -0.2) is 0 Å². The second-order valence-corrected chi connectivity index (χ2v) is 11.4. The molecule has 43 heavy (non-hydrogen) atoms. The van der Waals surface area contributed by atoms with E-state index in [0.29, 0.717) is 31.7 Å². The third-order valence-electron chi connectivity index (χ3n) is 8.56. The zero-order valence-corrected chi connectivity index (χ0v) is 24.5. The van der Waals surface area contributed by atoms with E-state index in [4.69, 9.17) is 10.2 Å². The molecule has 2 aliphatic rings. The fourth-order valence-electron chi connectivity index (χ4n) is 6.27. The molecule has 6 atom stereocenters. The zero-order valence-electron chi connectivity index (χ0n) is 24.5. The molecule has 4 N–H and O–H groups in total. The molecule has 2 fully saturated rings. The van der Waals surface area contributed by atoms with Crippen molar-refractivity contribution in [3.63, 3.8) is 0 Å². The van der Waals surface area contributed by atoms with E-state index in [1.807, 2.05) is 60.7 Å². The van der Waals surface area contributed by atoms with Gasteiger partial charge in [0, 0.05) is 38.4 Å². The molecule has 0 spiro atoms. The lowest BCUT2D eigenvalue weighted by Gasteiger charge is -2.32. The Morgan fingerprint density at radius 1 is 0.860 bits per heavy atom. The third-order valence-corrected chi connectivity index (χ3v) is 8.56. The first-order valence-electron chi connectivity index (χ1n) is 14.8. The van der Waals surface area contributed by atoms with Crippen molar-refractivity contribution in [1.82, 2.24) is 20.4 Å². The second kappa shape index (κ2) is 13.2. The normalized spacial score (nSPS) is 23.0. The number of carbonyl (C=O) groups is 4. The quantitative estimate of drug-likeness (QED) is 0.352. The Balaban J connectivity index is 1.46. The first-order chi connectivity index (χ1) is 20.8. The van der Waals surface area contributed by atoms with Crippen LogP contribution in [0.2, 0.25) is 0 Å². The van der Waals surface area contributed by atoms with Crippen LogP contribution in [0.1, 0.15) is 48.5 Å². The summed E-state index contributed by atoms with van der Waals surface area (Å²) in [6.07, 6.45) is 2.51. The van der Waals surface area contributed by atoms with Crippen LogP contribution >= 0.6 is 0 Å². The predicted octanol–water partition coefficient (Wildman–Crippen LogP) is 2.17. The average molecular weight is 586 g/mol. The van der Waals surface area contributed by atoms with Gasteiger partial charge in [0.05, 0.1) is 12.3 Å². The summed E-state index contributed by atoms with van der Waals surface area (Å²) in [7, 11) is 1.57. The molecular weight excluding hydrogens is 546 g/mol. The highest BCUT2D eigenvalue weighted by atomic mass is 16.3. The van der Waals surface area contributed by atoms with Gasteiger partial charge in [0.15, 0.2) is 0 Å². The maximum atomic E-state index is 14.4. The summed E-state index contributed by atoms with van der Waals surface area (Å²) in [5, 5.41) is 5.49. The van der Waals surface area contributed by atoms with Crippen LogP contribution in [0.25, 0.3) is 0 Å². The van der Waals surface area contributed by atoms with E-state index >= 15 is 0 Å². The summed E-state index contributed by atoms with van der Waals surface area (Å²) >= 11 is 0. The summed E-state index contributed by atoms with van der Waals surface area (Å²) in [4.78, 5) is 57.6. The molecule has 10 nitrogen and oxygen atoms in total. The van der Waals surface area contributed by atoms with Crippen LogP contribution in [-0.2, 0) is 25.6 Å². The van der Waals surface area contributed by atoms with E-state index in [0.717, 1.165) is 11.1 Å². The number of nitrogens with zero attached hydrogens (tertiary/aromatic N) is 2. The van der Waals surface area contributed by atoms with Crippen molar-refractivity contribution >= 4 is 23.6 Å². The van der Waals surface area contributed by atoms with Gasteiger partial charge in [-0.1, -0.05) is 60.7 Å². The molecular formula is C33H39N5O5. The van der Waals surface area contributed by atoms with Crippen LogP contribution in [0.5, 0.6) is 0 Å². The first kappa shape index (κ1) is 30.0. The molecule has 10 heteroatoms. The Kier molecular flexibility index (Phi) is 9.25. The van der Waals surface area contributed by atoms with Crippen molar-refractivity contribution in [1.29, 1.82) is 0 Å². The number of furan rings is 1.